The van der Waals surface area contributed by atoms with Crippen molar-refractivity contribution in [2.45, 2.75) is 0 Å². The van der Waals surface area contributed by atoms with Crippen molar-refractivity contribution < 1.29 is 0 Å². The second-order valence-electron chi connectivity index (χ2n) is 5.21. The number of hydrogen-bond donors (Lipinski definition) is 0. The lowest BCUT2D eigenvalue weighted by atomic mass is 10.3. The van der Waals surface area contributed by atoms with Crippen molar-refractivity contribution in [1.82, 2.24) is 29.4 Å². The van der Waals surface area contributed by atoms with Gasteiger partial charge in [-0.3, -0.25) is 4.40 Å². The minimum atomic E-state index is 0.652. The van der Waals surface area contributed by atoms with E-state index in [1.807, 2.05) is 46.2 Å². The predicted molar refractivity (Wildman–Crippen MR) is 93.7 cm³/mol. The van der Waals surface area contributed by atoms with Crippen molar-refractivity contribution >= 4 is 39.6 Å². The third-order valence-electron chi connectivity index (χ3n) is 3.77. The lowest BCUT2D eigenvalue weighted by molar-refractivity contribution is 0.893. The lowest BCUT2D eigenvalue weighted by Crippen LogP contribution is -1.98. The number of halogens is 1. The normalized spacial score (nSPS) is 11.5. The van der Waals surface area contributed by atoms with Crippen LogP contribution in [0.25, 0.3) is 33.1 Å². The second kappa shape index (κ2) is 5.12. The fraction of sp³-hybridized carbons (Fsp3) is 0. The van der Waals surface area contributed by atoms with Gasteiger partial charge in [-0.25, -0.2) is 9.67 Å². The van der Waals surface area contributed by atoms with Crippen LogP contribution >= 0.6 is 22.9 Å². The number of fused-ring (bicyclic) bond motifs is 3. The summed E-state index contributed by atoms with van der Waals surface area (Å²) in [6, 6.07) is 11.5. The van der Waals surface area contributed by atoms with Gasteiger partial charge in [0.2, 0.25) is 0 Å². The van der Waals surface area contributed by atoms with Gasteiger partial charge >= 0.3 is 0 Å². The van der Waals surface area contributed by atoms with Crippen LogP contribution in [0.1, 0.15) is 0 Å². The molecule has 0 aliphatic carbocycles. The topological polar surface area (TPSA) is 60.9 Å². The SMILES string of the molecule is Clc1cccc(-n2ncc3c2ncn2c(-c4cccs4)nnc32)c1. The molecular weight excluding hydrogens is 344 g/mol. The molecule has 0 N–H and O–H groups in total. The van der Waals surface area contributed by atoms with Crippen LogP contribution in [0.2, 0.25) is 5.02 Å². The highest BCUT2D eigenvalue weighted by atomic mass is 35.5. The van der Waals surface area contributed by atoms with Crippen molar-refractivity contribution in [3.8, 4) is 16.4 Å². The van der Waals surface area contributed by atoms with E-state index in [0.717, 1.165) is 33.1 Å². The number of nitrogens with zero attached hydrogens (tertiary/aromatic N) is 6. The van der Waals surface area contributed by atoms with E-state index < -0.39 is 0 Å². The van der Waals surface area contributed by atoms with Gasteiger partial charge in [-0.15, -0.1) is 21.5 Å². The number of benzene rings is 1. The summed E-state index contributed by atoms with van der Waals surface area (Å²) in [6.07, 6.45) is 3.49. The molecule has 0 saturated heterocycles. The average Bonchev–Trinajstić information content (AvgIpc) is 3.32. The molecule has 1 aromatic carbocycles. The van der Waals surface area contributed by atoms with E-state index in [-0.39, 0.29) is 0 Å². The first-order chi connectivity index (χ1) is 11.8. The van der Waals surface area contributed by atoms with Gasteiger partial charge in [0, 0.05) is 5.02 Å². The van der Waals surface area contributed by atoms with Gasteiger partial charge in [0.25, 0.3) is 0 Å². The summed E-state index contributed by atoms with van der Waals surface area (Å²) in [4.78, 5) is 5.61. The van der Waals surface area contributed by atoms with Crippen LogP contribution in [-0.4, -0.2) is 29.4 Å². The van der Waals surface area contributed by atoms with E-state index in [1.54, 1.807) is 28.5 Å². The molecule has 6 nitrogen and oxygen atoms in total. The highest BCUT2D eigenvalue weighted by Crippen LogP contribution is 2.26. The minimum Gasteiger partial charge on any atom is -0.264 e. The predicted octanol–water partition coefficient (Wildman–Crippen LogP) is 3.85. The largest absolute Gasteiger partial charge is 0.264 e. The summed E-state index contributed by atoms with van der Waals surface area (Å²) in [5, 5.41) is 16.6. The van der Waals surface area contributed by atoms with Gasteiger partial charge in [-0.2, -0.15) is 5.10 Å². The molecule has 0 saturated carbocycles. The smallest absolute Gasteiger partial charge is 0.179 e. The second-order valence-corrected chi connectivity index (χ2v) is 6.60. The van der Waals surface area contributed by atoms with Crippen molar-refractivity contribution in [1.29, 1.82) is 0 Å². The Morgan fingerprint density at radius 3 is 2.83 bits per heavy atom. The van der Waals surface area contributed by atoms with E-state index in [1.165, 1.54) is 0 Å². The molecule has 5 rings (SSSR count). The highest BCUT2D eigenvalue weighted by molar-refractivity contribution is 7.13. The van der Waals surface area contributed by atoms with Crippen LogP contribution in [-0.2, 0) is 0 Å². The summed E-state index contributed by atoms with van der Waals surface area (Å²) in [5.41, 5.74) is 2.30. The standard InChI is InChI=1S/C16H9ClN6S/c17-10-3-1-4-11(7-10)23-14-12(8-19-23)15-20-21-16(22(15)9-18-14)13-5-2-6-24-13/h1-9H. The molecule has 0 aliphatic rings. The monoisotopic (exact) mass is 352 g/mol. The van der Waals surface area contributed by atoms with Gasteiger partial charge in [-0.1, -0.05) is 23.7 Å². The molecule has 5 aromatic rings. The third kappa shape index (κ3) is 1.95. The molecule has 4 aromatic heterocycles. The zero-order valence-electron chi connectivity index (χ0n) is 12.2. The van der Waals surface area contributed by atoms with Crippen LogP contribution in [0.15, 0.2) is 54.3 Å². The average molecular weight is 353 g/mol. The molecule has 24 heavy (non-hydrogen) atoms. The Balaban J connectivity index is 1.76. The molecule has 0 radical (unpaired) electrons. The molecule has 0 unspecified atom stereocenters. The van der Waals surface area contributed by atoms with Gasteiger partial charge < -0.3 is 0 Å². The number of rotatable bonds is 2. The molecule has 0 bridgehead atoms. The van der Waals surface area contributed by atoms with Crippen LogP contribution in [0.5, 0.6) is 0 Å². The van der Waals surface area contributed by atoms with E-state index in [2.05, 4.69) is 20.3 Å². The lowest BCUT2D eigenvalue weighted by Gasteiger charge is -2.03. The zero-order chi connectivity index (χ0) is 16.1. The molecule has 0 spiro atoms. The summed E-state index contributed by atoms with van der Waals surface area (Å²) < 4.78 is 3.64. The molecular formula is C16H9ClN6S. The Kier molecular flexibility index (Phi) is 2.91. The number of aromatic nitrogens is 6. The maximum absolute atomic E-state index is 6.08. The first kappa shape index (κ1) is 13.6. The first-order valence-electron chi connectivity index (χ1n) is 7.18. The van der Waals surface area contributed by atoms with Crippen LogP contribution in [0, 0.1) is 0 Å². The maximum Gasteiger partial charge on any atom is 0.179 e. The molecule has 0 aliphatic heterocycles. The summed E-state index contributed by atoms with van der Waals surface area (Å²) >= 11 is 7.70. The Morgan fingerprint density at radius 1 is 1.04 bits per heavy atom. The van der Waals surface area contributed by atoms with Crippen LogP contribution in [0.4, 0.5) is 0 Å². The minimum absolute atomic E-state index is 0.652. The Bertz CT molecular complexity index is 1170. The van der Waals surface area contributed by atoms with Crippen molar-refractivity contribution in [3.63, 3.8) is 0 Å². The fourth-order valence-electron chi connectivity index (χ4n) is 2.69. The summed E-state index contributed by atoms with van der Waals surface area (Å²) in [5.74, 6) is 0.782. The first-order valence-corrected chi connectivity index (χ1v) is 8.44. The van der Waals surface area contributed by atoms with Crippen molar-refractivity contribution in [2.24, 2.45) is 0 Å². The highest BCUT2D eigenvalue weighted by Gasteiger charge is 2.15. The molecule has 0 fully saturated rings. The van der Waals surface area contributed by atoms with Crippen molar-refractivity contribution in [2.75, 3.05) is 0 Å². The van der Waals surface area contributed by atoms with E-state index >= 15 is 0 Å². The fourth-order valence-corrected chi connectivity index (χ4v) is 3.58. The van der Waals surface area contributed by atoms with Gasteiger partial charge in [-0.05, 0) is 29.6 Å². The van der Waals surface area contributed by atoms with Gasteiger partial charge in [0.05, 0.1) is 22.1 Å². The Morgan fingerprint density at radius 2 is 2.00 bits per heavy atom. The van der Waals surface area contributed by atoms with Gasteiger partial charge in [0.1, 0.15) is 6.33 Å². The Hall–Kier alpha value is -2.77. The van der Waals surface area contributed by atoms with E-state index in [9.17, 15) is 0 Å². The number of thiophene rings is 1. The molecule has 0 amide bonds. The quantitative estimate of drug-likeness (QED) is 0.484. The van der Waals surface area contributed by atoms with E-state index in [4.69, 9.17) is 11.6 Å². The van der Waals surface area contributed by atoms with Crippen molar-refractivity contribution in [3.05, 3.63) is 59.3 Å². The molecule has 0 atom stereocenters. The molecule has 4 heterocycles. The molecule has 116 valence electrons. The zero-order valence-corrected chi connectivity index (χ0v) is 13.7. The molecule has 8 heteroatoms. The van der Waals surface area contributed by atoms with Crippen LogP contribution < -0.4 is 0 Å². The number of hydrogen-bond acceptors (Lipinski definition) is 5. The summed E-state index contributed by atoms with van der Waals surface area (Å²) in [6.45, 7) is 0. The third-order valence-corrected chi connectivity index (χ3v) is 4.87. The maximum atomic E-state index is 6.08. The van der Waals surface area contributed by atoms with Crippen LogP contribution in [0.3, 0.4) is 0 Å². The van der Waals surface area contributed by atoms with E-state index in [0.29, 0.717) is 5.02 Å². The Labute approximate surface area is 145 Å². The summed E-state index contributed by atoms with van der Waals surface area (Å²) in [7, 11) is 0. The van der Waals surface area contributed by atoms with Gasteiger partial charge in [0.15, 0.2) is 17.1 Å².